The van der Waals surface area contributed by atoms with Crippen molar-refractivity contribution in [2.24, 2.45) is 0 Å². The standard InChI is InChI=1S/C11H13N3/c1-9-5-6-10(2)14(9)8-11-4-3-7-12-13-11/h3-7H,8H2,1-2H3. The number of aromatic nitrogens is 3. The molecule has 0 atom stereocenters. The van der Waals surface area contributed by atoms with Gasteiger partial charge in [-0.05, 0) is 38.1 Å². The summed E-state index contributed by atoms with van der Waals surface area (Å²) in [5, 5.41) is 7.93. The van der Waals surface area contributed by atoms with Crippen molar-refractivity contribution in [3.05, 3.63) is 47.5 Å². The maximum Gasteiger partial charge on any atom is 0.0828 e. The average Bonchev–Trinajstić information content (AvgIpc) is 2.51. The highest BCUT2D eigenvalue weighted by Gasteiger charge is 2.02. The van der Waals surface area contributed by atoms with E-state index in [2.05, 4.69) is 40.7 Å². The van der Waals surface area contributed by atoms with E-state index < -0.39 is 0 Å². The molecule has 14 heavy (non-hydrogen) atoms. The molecule has 0 aliphatic carbocycles. The van der Waals surface area contributed by atoms with E-state index in [1.165, 1.54) is 11.4 Å². The van der Waals surface area contributed by atoms with Crippen molar-refractivity contribution in [3.63, 3.8) is 0 Å². The second-order valence-electron chi connectivity index (χ2n) is 3.42. The number of nitrogens with zero attached hydrogens (tertiary/aromatic N) is 3. The molecule has 72 valence electrons. The van der Waals surface area contributed by atoms with Crippen LogP contribution in [0.5, 0.6) is 0 Å². The molecule has 0 saturated carbocycles. The Morgan fingerprint density at radius 3 is 2.43 bits per heavy atom. The fraction of sp³-hybridized carbons (Fsp3) is 0.273. The molecule has 0 aliphatic rings. The quantitative estimate of drug-likeness (QED) is 0.719. The fourth-order valence-corrected chi connectivity index (χ4v) is 1.53. The second-order valence-corrected chi connectivity index (χ2v) is 3.42. The van der Waals surface area contributed by atoms with Crippen LogP contribution in [0.1, 0.15) is 17.1 Å². The molecular formula is C11H13N3. The van der Waals surface area contributed by atoms with Crippen LogP contribution >= 0.6 is 0 Å². The molecule has 0 bridgehead atoms. The van der Waals surface area contributed by atoms with Crippen LogP contribution in [0.3, 0.4) is 0 Å². The molecule has 0 spiro atoms. The zero-order valence-corrected chi connectivity index (χ0v) is 8.44. The van der Waals surface area contributed by atoms with Crippen molar-refractivity contribution < 1.29 is 0 Å². The van der Waals surface area contributed by atoms with Gasteiger partial charge in [-0.1, -0.05) is 0 Å². The Morgan fingerprint density at radius 2 is 1.86 bits per heavy atom. The van der Waals surface area contributed by atoms with Crippen LogP contribution in [0, 0.1) is 13.8 Å². The van der Waals surface area contributed by atoms with Crippen LogP contribution in [0.2, 0.25) is 0 Å². The van der Waals surface area contributed by atoms with Gasteiger partial charge in [0.05, 0.1) is 12.2 Å². The van der Waals surface area contributed by atoms with Gasteiger partial charge in [0.2, 0.25) is 0 Å². The molecule has 0 unspecified atom stereocenters. The van der Waals surface area contributed by atoms with E-state index in [4.69, 9.17) is 0 Å². The van der Waals surface area contributed by atoms with Gasteiger partial charge in [0.15, 0.2) is 0 Å². The second kappa shape index (κ2) is 3.62. The summed E-state index contributed by atoms with van der Waals surface area (Å²) in [6.07, 6.45) is 1.69. The lowest BCUT2D eigenvalue weighted by Gasteiger charge is -2.07. The minimum absolute atomic E-state index is 0.804. The first-order valence-electron chi connectivity index (χ1n) is 4.66. The lowest BCUT2D eigenvalue weighted by Crippen LogP contribution is -2.05. The Labute approximate surface area is 83.4 Å². The van der Waals surface area contributed by atoms with E-state index in [-0.39, 0.29) is 0 Å². The van der Waals surface area contributed by atoms with E-state index in [0.717, 1.165) is 12.2 Å². The van der Waals surface area contributed by atoms with Crippen LogP contribution in [-0.4, -0.2) is 14.8 Å². The molecule has 0 fully saturated rings. The first-order chi connectivity index (χ1) is 6.77. The predicted molar refractivity (Wildman–Crippen MR) is 55.0 cm³/mol. The molecule has 0 amide bonds. The molecule has 0 aromatic carbocycles. The summed E-state index contributed by atoms with van der Waals surface area (Å²) in [4.78, 5) is 0. The highest BCUT2D eigenvalue weighted by Crippen LogP contribution is 2.08. The largest absolute Gasteiger partial charge is 0.343 e. The van der Waals surface area contributed by atoms with Gasteiger partial charge in [-0.15, -0.1) is 0 Å². The van der Waals surface area contributed by atoms with E-state index >= 15 is 0 Å². The average molecular weight is 187 g/mol. The Bertz CT molecular complexity index is 398. The lowest BCUT2D eigenvalue weighted by molar-refractivity contribution is 0.716. The van der Waals surface area contributed by atoms with Crippen LogP contribution < -0.4 is 0 Å². The molecule has 2 rings (SSSR count). The molecule has 2 aromatic rings. The lowest BCUT2D eigenvalue weighted by atomic mass is 10.3. The third kappa shape index (κ3) is 1.66. The van der Waals surface area contributed by atoms with E-state index in [1.54, 1.807) is 6.20 Å². The van der Waals surface area contributed by atoms with E-state index in [9.17, 15) is 0 Å². The zero-order chi connectivity index (χ0) is 9.97. The van der Waals surface area contributed by atoms with Gasteiger partial charge in [-0.2, -0.15) is 10.2 Å². The Morgan fingerprint density at radius 1 is 1.14 bits per heavy atom. The normalized spacial score (nSPS) is 10.4. The van der Waals surface area contributed by atoms with Crippen LogP contribution in [0.15, 0.2) is 30.5 Å². The van der Waals surface area contributed by atoms with E-state index in [0.29, 0.717) is 0 Å². The first-order valence-corrected chi connectivity index (χ1v) is 4.66. The van der Waals surface area contributed by atoms with Crippen LogP contribution in [0.25, 0.3) is 0 Å². The van der Waals surface area contributed by atoms with Gasteiger partial charge in [0.25, 0.3) is 0 Å². The zero-order valence-electron chi connectivity index (χ0n) is 8.44. The van der Waals surface area contributed by atoms with Crippen LogP contribution in [-0.2, 0) is 6.54 Å². The molecular weight excluding hydrogens is 174 g/mol. The van der Waals surface area contributed by atoms with Gasteiger partial charge in [0, 0.05) is 17.6 Å². The van der Waals surface area contributed by atoms with Crippen LogP contribution in [0.4, 0.5) is 0 Å². The number of hydrogen-bond donors (Lipinski definition) is 0. The smallest absolute Gasteiger partial charge is 0.0828 e. The summed E-state index contributed by atoms with van der Waals surface area (Å²) in [6, 6.07) is 8.14. The summed E-state index contributed by atoms with van der Waals surface area (Å²) >= 11 is 0. The highest BCUT2D eigenvalue weighted by molar-refractivity contribution is 5.15. The summed E-state index contributed by atoms with van der Waals surface area (Å²) < 4.78 is 2.23. The molecule has 3 heteroatoms. The van der Waals surface area contributed by atoms with E-state index in [1.807, 2.05) is 12.1 Å². The maximum atomic E-state index is 4.07. The Kier molecular flexibility index (Phi) is 2.31. The number of rotatable bonds is 2. The third-order valence-electron chi connectivity index (χ3n) is 2.36. The van der Waals surface area contributed by atoms with Crippen molar-refractivity contribution in [1.29, 1.82) is 0 Å². The fourth-order valence-electron chi connectivity index (χ4n) is 1.53. The molecule has 2 heterocycles. The summed E-state index contributed by atoms with van der Waals surface area (Å²) in [5.74, 6) is 0. The Balaban J connectivity index is 2.27. The van der Waals surface area contributed by atoms with Crippen molar-refractivity contribution in [1.82, 2.24) is 14.8 Å². The van der Waals surface area contributed by atoms with Crippen molar-refractivity contribution in [2.45, 2.75) is 20.4 Å². The molecule has 2 aromatic heterocycles. The topological polar surface area (TPSA) is 30.7 Å². The minimum atomic E-state index is 0.804. The predicted octanol–water partition coefficient (Wildman–Crippen LogP) is 1.94. The molecule has 0 radical (unpaired) electrons. The maximum absolute atomic E-state index is 4.07. The number of hydrogen-bond acceptors (Lipinski definition) is 2. The molecule has 0 saturated heterocycles. The summed E-state index contributed by atoms with van der Waals surface area (Å²) in [6.45, 7) is 5.01. The van der Waals surface area contributed by atoms with Crippen molar-refractivity contribution in [3.8, 4) is 0 Å². The highest BCUT2D eigenvalue weighted by atomic mass is 15.1. The Hall–Kier alpha value is -1.64. The molecule has 0 N–H and O–H groups in total. The molecule has 3 nitrogen and oxygen atoms in total. The van der Waals surface area contributed by atoms with Gasteiger partial charge >= 0.3 is 0 Å². The first kappa shape index (κ1) is 8.94. The van der Waals surface area contributed by atoms with Gasteiger partial charge in [-0.25, -0.2) is 0 Å². The summed E-state index contributed by atoms with van der Waals surface area (Å²) in [7, 11) is 0. The summed E-state index contributed by atoms with van der Waals surface area (Å²) in [5.41, 5.74) is 3.51. The third-order valence-corrected chi connectivity index (χ3v) is 2.36. The van der Waals surface area contributed by atoms with Crippen molar-refractivity contribution >= 4 is 0 Å². The number of aryl methyl sites for hydroxylation is 2. The van der Waals surface area contributed by atoms with Gasteiger partial charge in [0.1, 0.15) is 0 Å². The monoisotopic (exact) mass is 187 g/mol. The van der Waals surface area contributed by atoms with Gasteiger partial charge in [-0.3, -0.25) is 0 Å². The SMILES string of the molecule is Cc1ccc(C)n1Cc1cccnn1. The van der Waals surface area contributed by atoms with Crippen molar-refractivity contribution in [2.75, 3.05) is 0 Å². The van der Waals surface area contributed by atoms with Gasteiger partial charge < -0.3 is 4.57 Å². The minimum Gasteiger partial charge on any atom is -0.343 e. The molecule has 0 aliphatic heterocycles.